The molecule has 26 heteroatoms. The Hall–Kier alpha value is -7.44. The van der Waals surface area contributed by atoms with Gasteiger partial charge >= 0.3 is 12.2 Å². The molecule has 1 N–H and O–H groups in total. The molecule has 0 spiro atoms. The van der Waals surface area contributed by atoms with Gasteiger partial charge in [-0.15, -0.1) is 0 Å². The number of hydrogen-bond donors (Lipinski definition) is 1. The molecule has 0 radical (unpaired) electrons. The van der Waals surface area contributed by atoms with Crippen LogP contribution in [0.3, 0.4) is 0 Å². The topological polar surface area (TPSA) is 238 Å². The molecule has 2 amide bonds. The highest BCUT2D eigenvalue weighted by Crippen LogP contribution is 2.43. The molecular formula is C60H65Cl3F2N10O9S2. The number of rotatable bonds is 12. The summed E-state index contributed by atoms with van der Waals surface area (Å²) in [6, 6.07) is 24.1. The van der Waals surface area contributed by atoms with Crippen molar-refractivity contribution in [2.75, 3.05) is 26.2 Å². The summed E-state index contributed by atoms with van der Waals surface area (Å²) >= 11 is 16.5. The molecule has 3 aromatic heterocycles. The Morgan fingerprint density at radius 3 is 1.67 bits per heavy atom. The average molecular weight is 1280 g/mol. The summed E-state index contributed by atoms with van der Waals surface area (Å²) in [4.78, 5) is 58.0. The molecule has 5 heterocycles. The Balaban J connectivity index is 0.000000213. The zero-order chi connectivity index (χ0) is 62.7. The molecule has 2 fully saturated rings. The van der Waals surface area contributed by atoms with Crippen LogP contribution < -0.4 is 4.83 Å². The molecule has 2 aliphatic rings. The standard InChI is InChI=1S/C30H31ClFN5O4S.C23H31N5O4S.C7H3Cl2FO/c1-19-5-8-22(9-6-19)42(39,40)37-28(23-10-7-21(31)17-24(23)32)26(25-11-14-33-18-34-25)27(35-37)20-12-15-36(16-13-20)29(38)41-30(2,3)4;1-17-5-7-20(8-6-17)33(30,31)27-26-21(15-19-9-12-24-16-25-19)18-10-13-28(14-11-18)22(29)32-23(2,3)4;8-4-1-2-5(7(9)11)6(10)3-4/h5-11,14,17-18,20H,12-13,15-16H2,1-4H3;5-9,12,16,18,27H,10-11,13-15H2,1-4H3;1-3H/b;26-21+;. The number of ether oxygens (including phenoxy) is 2. The van der Waals surface area contributed by atoms with Crippen molar-refractivity contribution >= 4 is 78.0 Å². The van der Waals surface area contributed by atoms with Gasteiger partial charge in [-0.25, -0.2) is 43.1 Å². The quantitative estimate of drug-likeness (QED) is 0.0680. The molecule has 0 aliphatic carbocycles. The van der Waals surface area contributed by atoms with E-state index in [4.69, 9.17) is 44.3 Å². The predicted octanol–water partition coefficient (Wildman–Crippen LogP) is 12.6. The second kappa shape index (κ2) is 28.4. The molecule has 0 unspecified atom stereocenters. The largest absolute Gasteiger partial charge is 0.444 e. The summed E-state index contributed by atoms with van der Waals surface area (Å²) in [6.07, 6.45) is 7.88. The summed E-state index contributed by atoms with van der Waals surface area (Å²) in [5.74, 6) is -1.65. The Morgan fingerprint density at radius 2 is 1.19 bits per heavy atom. The number of sulfonamides is 1. The first-order valence-corrected chi connectivity index (χ1v) is 31.2. The Kier molecular flexibility index (Phi) is 21.8. The molecule has 19 nitrogen and oxygen atoms in total. The Morgan fingerprint density at radius 1 is 0.674 bits per heavy atom. The number of benzene rings is 4. The first kappa shape index (κ1) is 66.1. The van der Waals surface area contributed by atoms with Crippen molar-refractivity contribution in [1.82, 2.24) is 43.8 Å². The first-order valence-electron chi connectivity index (χ1n) is 27.2. The minimum atomic E-state index is -4.28. The van der Waals surface area contributed by atoms with Gasteiger partial charge in [-0.1, -0.05) is 58.6 Å². The van der Waals surface area contributed by atoms with Crippen molar-refractivity contribution in [3.05, 3.63) is 172 Å². The van der Waals surface area contributed by atoms with E-state index in [1.54, 1.807) is 64.5 Å². The number of amides is 2. The molecule has 2 saturated heterocycles. The summed E-state index contributed by atoms with van der Waals surface area (Å²) in [5.41, 5.74) is 3.19. The zero-order valence-electron chi connectivity index (χ0n) is 48.5. The third-order valence-electron chi connectivity index (χ3n) is 13.4. The van der Waals surface area contributed by atoms with Crippen LogP contribution in [0.4, 0.5) is 18.4 Å². The van der Waals surface area contributed by atoms with Gasteiger partial charge in [-0.05, 0) is 165 Å². The lowest BCUT2D eigenvalue weighted by atomic mass is 9.89. The molecule has 86 heavy (non-hydrogen) atoms. The van der Waals surface area contributed by atoms with Gasteiger partial charge < -0.3 is 19.3 Å². The minimum absolute atomic E-state index is 0.000583. The van der Waals surface area contributed by atoms with Gasteiger partial charge in [-0.3, -0.25) is 4.79 Å². The highest BCUT2D eigenvalue weighted by Gasteiger charge is 2.37. The summed E-state index contributed by atoms with van der Waals surface area (Å²) in [6.45, 7) is 16.5. The maximum absolute atomic E-state index is 15.6. The molecule has 7 aromatic rings. The van der Waals surface area contributed by atoms with Crippen molar-refractivity contribution in [1.29, 1.82) is 0 Å². The van der Waals surface area contributed by atoms with Crippen molar-refractivity contribution in [2.24, 2.45) is 11.0 Å². The fourth-order valence-electron chi connectivity index (χ4n) is 9.10. The van der Waals surface area contributed by atoms with Crippen molar-refractivity contribution in [2.45, 2.75) is 114 Å². The number of piperidine rings is 2. The van der Waals surface area contributed by atoms with Crippen LogP contribution in [0.15, 0.2) is 137 Å². The number of carbonyl (C=O) groups is 3. The van der Waals surface area contributed by atoms with Gasteiger partial charge in [0.05, 0.1) is 38.0 Å². The highest BCUT2D eigenvalue weighted by atomic mass is 35.5. The van der Waals surface area contributed by atoms with Crippen LogP contribution in [-0.2, 0) is 35.9 Å². The third-order valence-corrected chi connectivity index (χ3v) is 16.9. The average Bonchev–Trinajstić information content (AvgIpc) is 1.60. The number of nitrogens with zero attached hydrogens (tertiary/aromatic N) is 9. The number of hydrazone groups is 1. The number of likely N-dealkylation sites (tertiary alicyclic amines) is 2. The summed E-state index contributed by atoms with van der Waals surface area (Å²) in [5, 5.41) is 8.60. The first-order chi connectivity index (χ1) is 40.5. The van der Waals surface area contributed by atoms with E-state index in [0.717, 1.165) is 33.0 Å². The maximum atomic E-state index is 15.6. The second-order valence-corrected chi connectivity index (χ2v) is 26.9. The van der Waals surface area contributed by atoms with Gasteiger partial charge in [0, 0.05) is 83.8 Å². The fraction of sp³-hybridized carbons (Fsp3) is 0.350. The van der Waals surface area contributed by atoms with E-state index in [-0.39, 0.29) is 54.6 Å². The lowest BCUT2D eigenvalue weighted by molar-refractivity contribution is 0.0192. The number of halogens is 5. The number of nitrogens with one attached hydrogen (secondary N) is 1. The molecule has 2 aliphatic heterocycles. The normalized spacial score (nSPS) is 14.5. The van der Waals surface area contributed by atoms with Crippen LogP contribution in [0, 0.1) is 31.4 Å². The lowest BCUT2D eigenvalue weighted by Gasteiger charge is -2.33. The molecule has 0 saturated carbocycles. The number of aromatic nitrogens is 6. The SMILES string of the molecule is Cc1ccc(S(=O)(=O)N/N=C(\Cc2ccncn2)C2CCN(C(=O)OC(C)(C)C)CC2)cc1.Cc1ccc(S(=O)(=O)n2nc(C3CCN(C(=O)OC(C)(C)C)CC3)c(-c3ccncn3)c2-c2ccc(Cl)cc2F)cc1.O=C(Cl)c1ccc(Cl)cc1F. The Bertz CT molecular complexity index is 3780. The smallest absolute Gasteiger partial charge is 0.410 e. The molecular weight excluding hydrogens is 1210 g/mol. The summed E-state index contributed by atoms with van der Waals surface area (Å²) in [7, 11) is -8.08. The monoisotopic (exact) mass is 1280 g/mol. The number of aryl methyl sites for hydroxylation is 2. The van der Waals surface area contributed by atoms with E-state index in [9.17, 15) is 35.6 Å². The molecule has 0 bridgehead atoms. The second-order valence-electron chi connectivity index (χ2n) is 22.3. The van der Waals surface area contributed by atoms with E-state index in [2.05, 4.69) is 35.0 Å². The van der Waals surface area contributed by atoms with E-state index < -0.39 is 54.2 Å². The van der Waals surface area contributed by atoms with Gasteiger partial charge in [-0.2, -0.15) is 31.1 Å². The van der Waals surface area contributed by atoms with E-state index in [1.807, 2.05) is 55.4 Å². The lowest BCUT2D eigenvalue weighted by Crippen LogP contribution is -2.43. The van der Waals surface area contributed by atoms with Gasteiger partial charge in [0.1, 0.15) is 35.5 Å². The van der Waals surface area contributed by atoms with Crippen LogP contribution in [0.1, 0.15) is 106 Å². The molecule has 456 valence electrons. The third kappa shape index (κ3) is 17.8. The van der Waals surface area contributed by atoms with Gasteiger partial charge in [0.2, 0.25) is 0 Å². The van der Waals surface area contributed by atoms with Crippen LogP contribution in [0.2, 0.25) is 10.0 Å². The van der Waals surface area contributed by atoms with E-state index in [0.29, 0.717) is 80.9 Å². The van der Waals surface area contributed by atoms with Crippen LogP contribution in [0.5, 0.6) is 0 Å². The Labute approximate surface area is 514 Å². The number of carbonyl (C=O) groups excluding carboxylic acids is 3. The van der Waals surface area contributed by atoms with Crippen molar-refractivity contribution in [3.8, 4) is 22.5 Å². The van der Waals surface area contributed by atoms with Gasteiger partial charge in [0.15, 0.2) is 0 Å². The van der Waals surface area contributed by atoms with Gasteiger partial charge in [0.25, 0.3) is 25.3 Å². The minimum Gasteiger partial charge on any atom is -0.444 e. The molecule has 9 rings (SSSR count). The summed E-state index contributed by atoms with van der Waals surface area (Å²) < 4.78 is 93.9. The maximum Gasteiger partial charge on any atom is 0.410 e. The number of hydrogen-bond acceptors (Lipinski definition) is 15. The predicted molar refractivity (Wildman–Crippen MR) is 324 cm³/mol. The van der Waals surface area contributed by atoms with Crippen molar-refractivity contribution in [3.63, 3.8) is 0 Å². The van der Waals surface area contributed by atoms with Crippen LogP contribution >= 0.6 is 34.8 Å². The fourth-order valence-corrected chi connectivity index (χ4v) is 11.7. The van der Waals surface area contributed by atoms with Crippen LogP contribution in [-0.4, -0.2) is 116 Å². The van der Waals surface area contributed by atoms with E-state index >= 15 is 4.39 Å². The van der Waals surface area contributed by atoms with Crippen molar-refractivity contribution < 1.29 is 49.5 Å². The molecule has 4 aromatic carbocycles. The van der Waals surface area contributed by atoms with E-state index in [1.165, 1.54) is 55.2 Å². The highest BCUT2D eigenvalue weighted by molar-refractivity contribution is 7.90. The van der Waals surface area contributed by atoms with Crippen LogP contribution in [0.25, 0.3) is 22.5 Å². The zero-order valence-corrected chi connectivity index (χ0v) is 52.4. The molecule has 0 atom stereocenters.